The first-order valence-electron chi connectivity index (χ1n) is 9.23. The van der Waals surface area contributed by atoms with E-state index in [2.05, 4.69) is 4.98 Å². The minimum absolute atomic E-state index is 0.0519. The number of thiazole rings is 1. The molecule has 4 rings (SSSR count). The highest BCUT2D eigenvalue weighted by Gasteiger charge is 2.21. The standard InChI is InChI=1S/C22H18N2O4S3/c1-24(19-5-3-2-4-6-19)31(26,27)20-9-7-16(8-10-20)22(25)28-13-18-15-30-21(23-18)17-11-12-29-14-17/h2-12,14-15H,13H2,1H3. The fourth-order valence-electron chi connectivity index (χ4n) is 2.81. The van der Waals surface area contributed by atoms with Crippen molar-refractivity contribution in [1.82, 2.24) is 4.98 Å². The summed E-state index contributed by atoms with van der Waals surface area (Å²) in [6.45, 7) is 0.0519. The summed E-state index contributed by atoms with van der Waals surface area (Å²) in [4.78, 5) is 16.9. The number of ether oxygens (including phenoxy) is 1. The Bertz CT molecular complexity index is 1270. The van der Waals surface area contributed by atoms with Crippen LogP contribution in [0, 0.1) is 0 Å². The van der Waals surface area contributed by atoms with Gasteiger partial charge in [-0.1, -0.05) is 18.2 Å². The van der Waals surface area contributed by atoms with E-state index in [1.54, 1.807) is 35.6 Å². The summed E-state index contributed by atoms with van der Waals surface area (Å²) < 4.78 is 32.2. The summed E-state index contributed by atoms with van der Waals surface area (Å²) in [5.74, 6) is -0.537. The second-order valence-corrected chi connectivity index (χ2v) is 10.2. The SMILES string of the molecule is CN(c1ccccc1)S(=O)(=O)c1ccc(C(=O)OCc2csc(-c3ccsc3)n2)cc1. The van der Waals surface area contributed by atoms with Crippen LogP contribution in [0.5, 0.6) is 0 Å². The molecule has 2 aromatic heterocycles. The van der Waals surface area contributed by atoms with Gasteiger partial charge in [-0.15, -0.1) is 11.3 Å². The van der Waals surface area contributed by atoms with Crippen molar-refractivity contribution in [2.45, 2.75) is 11.5 Å². The molecule has 0 aliphatic carbocycles. The fourth-order valence-corrected chi connectivity index (χ4v) is 5.52. The van der Waals surface area contributed by atoms with Gasteiger partial charge in [-0.05, 0) is 47.8 Å². The number of para-hydroxylation sites is 1. The minimum atomic E-state index is -3.74. The summed E-state index contributed by atoms with van der Waals surface area (Å²) in [7, 11) is -2.24. The zero-order valence-corrected chi connectivity index (χ0v) is 18.9. The van der Waals surface area contributed by atoms with E-state index in [-0.39, 0.29) is 17.1 Å². The number of anilines is 1. The van der Waals surface area contributed by atoms with Crippen molar-refractivity contribution >= 4 is 44.4 Å². The highest BCUT2D eigenvalue weighted by Crippen LogP contribution is 2.26. The first-order chi connectivity index (χ1) is 14.9. The first-order valence-corrected chi connectivity index (χ1v) is 12.5. The quantitative estimate of drug-likeness (QED) is 0.353. The van der Waals surface area contributed by atoms with Crippen LogP contribution < -0.4 is 4.31 Å². The van der Waals surface area contributed by atoms with Gasteiger partial charge in [0.2, 0.25) is 0 Å². The number of benzene rings is 2. The van der Waals surface area contributed by atoms with Crippen LogP contribution in [0.3, 0.4) is 0 Å². The van der Waals surface area contributed by atoms with Crippen LogP contribution in [0.25, 0.3) is 10.6 Å². The van der Waals surface area contributed by atoms with Crippen LogP contribution in [0.15, 0.2) is 81.7 Å². The second-order valence-electron chi connectivity index (χ2n) is 6.56. The van der Waals surface area contributed by atoms with Gasteiger partial charge in [0.15, 0.2) is 0 Å². The molecule has 0 atom stereocenters. The fraction of sp³-hybridized carbons (Fsp3) is 0.0909. The molecule has 0 aliphatic heterocycles. The maximum atomic E-state index is 12.8. The average molecular weight is 471 g/mol. The summed E-state index contributed by atoms with van der Waals surface area (Å²) in [5.41, 5.74) is 2.54. The molecule has 31 heavy (non-hydrogen) atoms. The Balaban J connectivity index is 1.41. The molecule has 9 heteroatoms. The van der Waals surface area contributed by atoms with E-state index in [0.29, 0.717) is 11.4 Å². The highest BCUT2D eigenvalue weighted by molar-refractivity contribution is 7.92. The highest BCUT2D eigenvalue weighted by atomic mass is 32.2. The van der Waals surface area contributed by atoms with E-state index in [9.17, 15) is 13.2 Å². The lowest BCUT2D eigenvalue weighted by Crippen LogP contribution is -2.26. The number of esters is 1. The predicted molar refractivity (Wildman–Crippen MR) is 123 cm³/mol. The Hall–Kier alpha value is -3.01. The third-order valence-corrected chi connectivity index (χ3v) is 7.96. The number of aromatic nitrogens is 1. The number of hydrogen-bond donors (Lipinski definition) is 0. The summed E-state index contributed by atoms with van der Waals surface area (Å²) in [5, 5.41) is 6.73. The number of nitrogens with zero attached hydrogens (tertiary/aromatic N) is 2. The van der Waals surface area contributed by atoms with Crippen LogP contribution in [0.1, 0.15) is 16.1 Å². The average Bonchev–Trinajstić information content (AvgIpc) is 3.49. The largest absolute Gasteiger partial charge is 0.456 e. The molecular weight excluding hydrogens is 452 g/mol. The molecule has 2 heterocycles. The van der Waals surface area contributed by atoms with Crippen molar-refractivity contribution in [3.63, 3.8) is 0 Å². The van der Waals surface area contributed by atoms with E-state index >= 15 is 0 Å². The van der Waals surface area contributed by atoms with Crippen molar-refractivity contribution in [3.05, 3.63) is 88.1 Å². The number of hydrogen-bond acceptors (Lipinski definition) is 7. The third-order valence-electron chi connectivity index (χ3n) is 4.54. The zero-order chi connectivity index (χ0) is 21.8. The van der Waals surface area contributed by atoms with E-state index in [4.69, 9.17) is 4.74 Å². The second kappa shape index (κ2) is 9.01. The van der Waals surface area contributed by atoms with E-state index in [1.165, 1.54) is 47.0 Å². The van der Waals surface area contributed by atoms with Gasteiger partial charge >= 0.3 is 5.97 Å². The molecule has 0 fully saturated rings. The van der Waals surface area contributed by atoms with E-state index < -0.39 is 16.0 Å². The Labute approximate surface area is 188 Å². The van der Waals surface area contributed by atoms with Gasteiger partial charge < -0.3 is 4.74 Å². The molecule has 4 aromatic rings. The van der Waals surface area contributed by atoms with Gasteiger partial charge in [0.1, 0.15) is 11.6 Å². The number of carbonyl (C=O) groups is 1. The van der Waals surface area contributed by atoms with Crippen LogP contribution in [-0.4, -0.2) is 26.4 Å². The molecule has 0 bridgehead atoms. The lowest BCUT2D eigenvalue weighted by molar-refractivity contribution is 0.0468. The summed E-state index contributed by atoms with van der Waals surface area (Å²) in [6.07, 6.45) is 0. The molecule has 0 amide bonds. The molecule has 0 aliphatic rings. The Kier molecular flexibility index (Phi) is 6.17. The topological polar surface area (TPSA) is 76.6 Å². The van der Waals surface area contributed by atoms with Crippen LogP contribution in [0.4, 0.5) is 5.69 Å². The maximum absolute atomic E-state index is 12.8. The van der Waals surface area contributed by atoms with Crippen LogP contribution >= 0.6 is 22.7 Å². The third kappa shape index (κ3) is 4.68. The number of carbonyl (C=O) groups excluding carboxylic acids is 1. The van der Waals surface area contributed by atoms with Gasteiger partial charge in [-0.25, -0.2) is 18.2 Å². The summed E-state index contributed by atoms with van der Waals surface area (Å²) in [6, 6.07) is 16.5. The normalized spacial score (nSPS) is 11.3. The van der Waals surface area contributed by atoms with Crippen LogP contribution in [-0.2, 0) is 21.4 Å². The lowest BCUT2D eigenvalue weighted by atomic mass is 10.2. The number of thiophene rings is 1. The Morgan fingerprint density at radius 1 is 1.03 bits per heavy atom. The molecule has 6 nitrogen and oxygen atoms in total. The van der Waals surface area contributed by atoms with Crippen molar-refractivity contribution in [3.8, 4) is 10.6 Å². The Morgan fingerprint density at radius 2 is 1.77 bits per heavy atom. The molecule has 158 valence electrons. The smallest absolute Gasteiger partial charge is 0.338 e. The first kappa shape index (κ1) is 21.2. The van der Waals surface area contributed by atoms with Gasteiger partial charge in [-0.2, -0.15) is 11.3 Å². The minimum Gasteiger partial charge on any atom is -0.456 e. The number of sulfonamides is 1. The molecule has 0 spiro atoms. The van der Waals surface area contributed by atoms with Crippen LogP contribution in [0.2, 0.25) is 0 Å². The molecule has 0 radical (unpaired) electrons. The number of rotatable bonds is 7. The summed E-state index contributed by atoms with van der Waals surface area (Å²) >= 11 is 3.09. The molecule has 0 saturated heterocycles. The van der Waals surface area contributed by atoms with Gasteiger partial charge in [0, 0.05) is 23.4 Å². The van der Waals surface area contributed by atoms with E-state index in [1.807, 2.05) is 28.3 Å². The van der Waals surface area contributed by atoms with Gasteiger partial charge in [0.05, 0.1) is 21.8 Å². The zero-order valence-electron chi connectivity index (χ0n) is 16.5. The molecule has 0 saturated carbocycles. The monoisotopic (exact) mass is 470 g/mol. The molecule has 2 aromatic carbocycles. The lowest BCUT2D eigenvalue weighted by Gasteiger charge is -2.19. The van der Waals surface area contributed by atoms with Gasteiger partial charge in [-0.3, -0.25) is 4.31 Å². The predicted octanol–water partition coefficient (Wildman–Crippen LogP) is 5.05. The van der Waals surface area contributed by atoms with Gasteiger partial charge in [0.25, 0.3) is 10.0 Å². The Morgan fingerprint density at radius 3 is 2.45 bits per heavy atom. The van der Waals surface area contributed by atoms with Crippen molar-refractivity contribution in [2.24, 2.45) is 0 Å². The molecule has 0 N–H and O–H groups in total. The maximum Gasteiger partial charge on any atom is 0.338 e. The van der Waals surface area contributed by atoms with Crippen molar-refractivity contribution in [2.75, 3.05) is 11.4 Å². The molecular formula is C22H18N2O4S3. The molecule has 0 unspecified atom stereocenters. The van der Waals surface area contributed by atoms with Crippen molar-refractivity contribution in [1.29, 1.82) is 0 Å². The van der Waals surface area contributed by atoms with E-state index in [0.717, 1.165) is 10.6 Å². The van der Waals surface area contributed by atoms with Crippen molar-refractivity contribution < 1.29 is 17.9 Å².